The topological polar surface area (TPSA) is 74.6 Å². The van der Waals surface area contributed by atoms with Gasteiger partial charge in [-0.25, -0.2) is 8.42 Å². The zero-order chi connectivity index (χ0) is 7.91. The molecule has 0 aliphatic carbocycles. The van der Waals surface area contributed by atoms with E-state index in [1.165, 1.54) is 0 Å². The SMILES string of the molecule is CS(C)(=O)=O.OCCO. The molecule has 0 amide bonds. The Balaban J connectivity index is 0. The third-order valence-corrected chi connectivity index (χ3v) is 0.1000. The van der Waals surface area contributed by atoms with Gasteiger partial charge in [-0.2, -0.15) is 0 Å². The van der Waals surface area contributed by atoms with Gasteiger partial charge in [0.1, 0.15) is 9.84 Å². The first-order chi connectivity index (χ1) is 3.91. The molecule has 0 aliphatic rings. The van der Waals surface area contributed by atoms with E-state index in [2.05, 4.69) is 0 Å². The molecule has 0 spiro atoms. The van der Waals surface area contributed by atoms with Crippen LogP contribution in [0.2, 0.25) is 0 Å². The lowest BCUT2D eigenvalue weighted by Crippen LogP contribution is -1.86. The summed E-state index contributed by atoms with van der Waals surface area (Å²) in [5.74, 6) is 0. The fraction of sp³-hybridized carbons (Fsp3) is 1.00. The summed E-state index contributed by atoms with van der Waals surface area (Å²) in [7, 11) is -2.67. The number of hydrogen-bond acceptors (Lipinski definition) is 4. The first-order valence-electron chi connectivity index (χ1n) is 2.28. The first kappa shape index (κ1) is 11.6. The van der Waals surface area contributed by atoms with Crippen molar-refractivity contribution in [2.45, 2.75) is 0 Å². The molecule has 0 atom stereocenters. The molecule has 0 radical (unpaired) electrons. The lowest BCUT2D eigenvalue weighted by Gasteiger charge is -1.70. The molecule has 0 saturated carbocycles. The van der Waals surface area contributed by atoms with E-state index in [1.54, 1.807) is 0 Å². The van der Waals surface area contributed by atoms with Gasteiger partial charge in [-0.05, 0) is 0 Å². The number of sulfone groups is 1. The second kappa shape index (κ2) is 6.00. The second-order valence-electron chi connectivity index (χ2n) is 1.59. The van der Waals surface area contributed by atoms with Gasteiger partial charge in [0.05, 0.1) is 13.2 Å². The van der Waals surface area contributed by atoms with E-state index in [0.29, 0.717) is 0 Å². The van der Waals surface area contributed by atoms with Crippen LogP contribution in [0.5, 0.6) is 0 Å². The summed E-state index contributed by atoms with van der Waals surface area (Å²) < 4.78 is 19.3. The fourth-order valence-electron chi connectivity index (χ4n) is 0. The van der Waals surface area contributed by atoms with E-state index in [0.717, 1.165) is 12.5 Å². The van der Waals surface area contributed by atoms with Crippen LogP contribution in [-0.4, -0.2) is 44.4 Å². The Morgan fingerprint density at radius 1 is 1.11 bits per heavy atom. The average Bonchev–Trinajstić information content (AvgIpc) is 1.61. The van der Waals surface area contributed by atoms with Crippen molar-refractivity contribution in [3.63, 3.8) is 0 Å². The molecule has 0 aromatic heterocycles. The van der Waals surface area contributed by atoms with Gasteiger partial charge >= 0.3 is 0 Å². The van der Waals surface area contributed by atoms with E-state index < -0.39 is 9.84 Å². The highest BCUT2D eigenvalue weighted by molar-refractivity contribution is 7.89. The second-order valence-corrected chi connectivity index (χ2v) is 3.88. The number of rotatable bonds is 1. The van der Waals surface area contributed by atoms with E-state index in [9.17, 15) is 8.42 Å². The summed E-state index contributed by atoms with van der Waals surface area (Å²) in [5.41, 5.74) is 0. The normalized spacial score (nSPS) is 9.78. The van der Waals surface area contributed by atoms with Crippen molar-refractivity contribution in [1.82, 2.24) is 0 Å². The van der Waals surface area contributed by atoms with Crippen LogP contribution in [0.3, 0.4) is 0 Å². The first-order valence-corrected chi connectivity index (χ1v) is 4.58. The largest absolute Gasteiger partial charge is 0.394 e. The van der Waals surface area contributed by atoms with Crippen molar-refractivity contribution < 1.29 is 18.6 Å². The van der Waals surface area contributed by atoms with E-state index in [4.69, 9.17) is 10.2 Å². The average molecular weight is 156 g/mol. The van der Waals surface area contributed by atoms with E-state index >= 15 is 0 Å². The molecule has 5 heteroatoms. The quantitative estimate of drug-likeness (QED) is 0.491. The highest BCUT2D eigenvalue weighted by Gasteiger charge is 1.79. The smallest absolute Gasteiger partial charge is 0.144 e. The molecule has 0 rings (SSSR count). The van der Waals surface area contributed by atoms with Crippen LogP contribution in [0.4, 0.5) is 0 Å². The van der Waals surface area contributed by atoms with Crippen LogP contribution in [0, 0.1) is 0 Å². The maximum Gasteiger partial charge on any atom is 0.144 e. The predicted molar refractivity (Wildman–Crippen MR) is 34.9 cm³/mol. The maximum absolute atomic E-state index is 9.63. The minimum absolute atomic E-state index is 0.125. The molecule has 0 fully saturated rings. The molecule has 0 bridgehead atoms. The van der Waals surface area contributed by atoms with Gasteiger partial charge in [0, 0.05) is 12.5 Å². The zero-order valence-corrected chi connectivity index (χ0v) is 6.35. The van der Waals surface area contributed by atoms with Crippen molar-refractivity contribution in [3.05, 3.63) is 0 Å². The number of hydrogen-bond donors (Lipinski definition) is 2. The van der Waals surface area contributed by atoms with Crippen molar-refractivity contribution >= 4 is 9.84 Å². The molecule has 0 unspecified atom stereocenters. The summed E-state index contributed by atoms with van der Waals surface area (Å²) in [6, 6.07) is 0. The molecule has 9 heavy (non-hydrogen) atoms. The fourth-order valence-corrected chi connectivity index (χ4v) is 0. The number of aliphatic hydroxyl groups excluding tert-OH is 2. The van der Waals surface area contributed by atoms with Crippen LogP contribution < -0.4 is 0 Å². The highest BCUT2D eigenvalue weighted by Crippen LogP contribution is 1.61. The Morgan fingerprint density at radius 2 is 1.22 bits per heavy atom. The van der Waals surface area contributed by atoms with E-state index in [1.807, 2.05) is 0 Å². The zero-order valence-electron chi connectivity index (χ0n) is 5.53. The molecular weight excluding hydrogens is 144 g/mol. The van der Waals surface area contributed by atoms with Crippen molar-refractivity contribution in [3.8, 4) is 0 Å². The third-order valence-electron chi connectivity index (χ3n) is 0.1000. The minimum Gasteiger partial charge on any atom is -0.394 e. The van der Waals surface area contributed by atoms with Crippen LogP contribution >= 0.6 is 0 Å². The molecule has 0 aromatic rings. The summed E-state index contributed by atoms with van der Waals surface area (Å²) in [6.45, 7) is -0.250. The van der Waals surface area contributed by atoms with Crippen LogP contribution in [0.25, 0.3) is 0 Å². The van der Waals surface area contributed by atoms with Gasteiger partial charge < -0.3 is 10.2 Å². The summed E-state index contributed by atoms with van der Waals surface area (Å²) in [6.07, 6.45) is 2.32. The lowest BCUT2D eigenvalue weighted by atomic mass is 10.8. The standard InChI is InChI=1S/C2H6O2S.C2H6O2/c1-5(2,3)4;3-1-2-4/h1-2H3;3-4H,1-2H2. The van der Waals surface area contributed by atoms with Gasteiger partial charge in [0.15, 0.2) is 0 Å². The molecule has 58 valence electrons. The lowest BCUT2D eigenvalue weighted by molar-refractivity contribution is 0.186. The molecule has 2 N–H and O–H groups in total. The van der Waals surface area contributed by atoms with Crippen molar-refractivity contribution in [2.24, 2.45) is 0 Å². The van der Waals surface area contributed by atoms with Crippen molar-refractivity contribution in [2.75, 3.05) is 25.7 Å². The van der Waals surface area contributed by atoms with Gasteiger partial charge in [-0.15, -0.1) is 0 Å². The van der Waals surface area contributed by atoms with Crippen molar-refractivity contribution in [1.29, 1.82) is 0 Å². The van der Waals surface area contributed by atoms with Gasteiger partial charge in [0.2, 0.25) is 0 Å². The minimum atomic E-state index is -2.67. The van der Waals surface area contributed by atoms with Crippen LogP contribution in [0.1, 0.15) is 0 Å². The monoisotopic (exact) mass is 156 g/mol. The molecule has 0 saturated heterocycles. The molecule has 0 aromatic carbocycles. The third kappa shape index (κ3) is 358. The van der Waals surface area contributed by atoms with Gasteiger partial charge in [-0.1, -0.05) is 0 Å². The summed E-state index contributed by atoms with van der Waals surface area (Å²) in [4.78, 5) is 0. The Kier molecular flexibility index (Phi) is 7.76. The Morgan fingerprint density at radius 3 is 1.22 bits per heavy atom. The Labute approximate surface area is 55.1 Å². The highest BCUT2D eigenvalue weighted by atomic mass is 32.2. The Bertz CT molecular complexity index is 116. The summed E-state index contributed by atoms with van der Waals surface area (Å²) in [5, 5.41) is 15.2. The number of aliphatic hydroxyl groups is 2. The van der Waals surface area contributed by atoms with Crippen LogP contribution in [-0.2, 0) is 9.84 Å². The maximum atomic E-state index is 9.63. The van der Waals surface area contributed by atoms with E-state index in [-0.39, 0.29) is 13.2 Å². The molecule has 0 aliphatic heterocycles. The predicted octanol–water partition coefficient (Wildman–Crippen LogP) is -1.37. The Hall–Kier alpha value is -0.130. The molecule has 0 heterocycles. The van der Waals surface area contributed by atoms with Gasteiger partial charge in [-0.3, -0.25) is 0 Å². The van der Waals surface area contributed by atoms with Gasteiger partial charge in [0.25, 0.3) is 0 Å². The summed E-state index contributed by atoms with van der Waals surface area (Å²) >= 11 is 0. The molecular formula is C4H12O4S. The van der Waals surface area contributed by atoms with Crippen LogP contribution in [0.15, 0.2) is 0 Å². The molecule has 4 nitrogen and oxygen atoms in total.